The second-order valence-electron chi connectivity index (χ2n) is 9.78. The number of fused-ring (bicyclic) bond motifs is 3. The highest BCUT2D eigenvalue weighted by atomic mass is 35.5. The normalized spacial score (nSPS) is 17.3. The summed E-state index contributed by atoms with van der Waals surface area (Å²) in [6.45, 7) is 5.88. The van der Waals surface area contributed by atoms with Crippen LogP contribution in [0, 0.1) is 6.92 Å². The van der Waals surface area contributed by atoms with Gasteiger partial charge in [0, 0.05) is 31.2 Å². The molecule has 1 unspecified atom stereocenters. The van der Waals surface area contributed by atoms with E-state index < -0.39 is 0 Å². The summed E-state index contributed by atoms with van der Waals surface area (Å²) in [5.74, 6) is 0. The van der Waals surface area contributed by atoms with Crippen molar-refractivity contribution in [3.63, 3.8) is 0 Å². The standard InChI is InChI=1S/C31H28Cl2N2/c1-21-6-13-30(29(33)16-21)35-15-14-34(20-31(35)23-8-10-26(32)11-9-23)19-22-7-12-28-25(17-22)18-24-4-2-3-5-27(24)28/h2-13,16-17,31H,14-15,18-20H2,1H3. The molecule has 4 aromatic carbocycles. The van der Waals surface area contributed by atoms with Crippen molar-refractivity contribution >= 4 is 28.9 Å². The highest BCUT2D eigenvalue weighted by Crippen LogP contribution is 2.38. The summed E-state index contributed by atoms with van der Waals surface area (Å²) in [6, 6.07) is 30.7. The monoisotopic (exact) mass is 498 g/mol. The van der Waals surface area contributed by atoms with Crippen LogP contribution in [-0.4, -0.2) is 24.5 Å². The van der Waals surface area contributed by atoms with Gasteiger partial charge in [-0.3, -0.25) is 4.90 Å². The summed E-state index contributed by atoms with van der Waals surface area (Å²) in [5.41, 5.74) is 10.6. The van der Waals surface area contributed by atoms with Gasteiger partial charge in [-0.2, -0.15) is 0 Å². The molecule has 0 radical (unpaired) electrons. The first-order valence-corrected chi connectivity index (χ1v) is 13.0. The molecule has 1 atom stereocenters. The Morgan fingerprint density at radius 3 is 2.43 bits per heavy atom. The molecule has 1 fully saturated rings. The van der Waals surface area contributed by atoms with Gasteiger partial charge in [0.1, 0.15) is 0 Å². The predicted octanol–water partition coefficient (Wildman–Crippen LogP) is 7.94. The molecule has 1 aliphatic carbocycles. The third kappa shape index (κ3) is 4.47. The van der Waals surface area contributed by atoms with Crippen molar-refractivity contribution in [2.24, 2.45) is 0 Å². The van der Waals surface area contributed by atoms with Gasteiger partial charge in [0.05, 0.1) is 16.8 Å². The molecule has 0 aromatic heterocycles. The fourth-order valence-corrected chi connectivity index (χ4v) is 6.11. The first-order valence-electron chi connectivity index (χ1n) is 12.3. The second-order valence-corrected chi connectivity index (χ2v) is 10.6. The van der Waals surface area contributed by atoms with Crippen LogP contribution < -0.4 is 4.90 Å². The SMILES string of the molecule is Cc1ccc(N2CCN(Cc3ccc4c(c3)Cc3ccccc3-4)CC2c2ccc(Cl)cc2)c(Cl)c1. The highest BCUT2D eigenvalue weighted by Gasteiger charge is 2.30. The maximum absolute atomic E-state index is 6.72. The van der Waals surface area contributed by atoms with Crippen LogP contribution in [-0.2, 0) is 13.0 Å². The molecule has 2 aliphatic rings. The topological polar surface area (TPSA) is 6.48 Å². The van der Waals surface area contributed by atoms with E-state index in [1.807, 2.05) is 12.1 Å². The Hall–Kier alpha value is -2.78. The van der Waals surface area contributed by atoms with Gasteiger partial charge in [-0.05, 0) is 76.6 Å². The average molecular weight is 499 g/mol. The fourth-order valence-electron chi connectivity index (χ4n) is 5.64. The van der Waals surface area contributed by atoms with Gasteiger partial charge < -0.3 is 4.90 Å². The van der Waals surface area contributed by atoms with Crippen LogP contribution in [0.5, 0.6) is 0 Å². The lowest BCUT2D eigenvalue weighted by atomic mass is 9.99. The van der Waals surface area contributed by atoms with E-state index in [2.05, 4.69) is 89.5 Å². The summed E-state index contributed by atoms with van der Waals surface area (Å²) in [6.07, 6.45) is 1.03. The van der Waals surface area contributed by atoms with Gasteiger partial charge in [-0.25, -0.2) is 0 Å². The second kappa shape index (κ2) is 9.35. The molecule has 0 saturated carbocycles. The number of benzene rings is 4. The van der Waals surface area contributed by atoms with Crippen LogP contribution in [0.2, 0.25) is 10.0 Å². The number of anilines is 1. The molecular weight excluding hydrogens is 471 g/mol. The van der Waals surface area contributed by atoms with Crippen molar-refractivity contribution in [1.82, 2.24) is 4.90 Å². The summed E-state index contributed by atoms with van der Waals surface area (Å²) in [7, 11) is 0. The quantitative estimate of drug-likeness (QED) is 0.248. The summed E-state index contributed by atoms with van der Waals surface area (Å²) < 4.78 is 0. The molecule has 0 amide bonds. The van der Waals surface area contributed by atoms with Gasteiger partial charge in [0.2, 0.25) is 0 Å². The Bertz CT molecular complexity index is 1380. The summed E-state index contributed by atoms with van der Waals surface area (Å²) >= 11 is 12.9. The van der Waals surface area contributed by atoms with E-state index in [1.165, 1.54) is 38.9 Å². The van der Waals surface area contributed by atoms with Crippen LogP contribution >= 0.6 is 23.2 Å². The maximum atomic E-state index is 6.72. The zero-order chi connectivity index (χ0) is 23.9. The van der Waals surface area contributed by atoms with E-state index >= 15 is 0 Å². The number of halogens is 2. The molecule has 35 heavy (non-hydrogen) atoms. The van der Waals surface area contributed by atoms with Crippen molar-refractivity contribution in [3.05, 3.63) is 123 Å². The van der Waals surface area contributed by atoms with E-state index in [0.717, 1.165) is 48.3 Å². The van der Waals surface area contributed by atoms with Crippen LogP contribution in [0.15, 0.2) is 84.9 Å². The first-order chi connectivity index (χ1) is 17.0. The molecule has 2 nitrogen and oxygen atoms in total. The number of aryl methyl sites for hydroxylation is 1. The van der Waals surface area contributed by atoms with Crippen LogP contribution in [0.1, 0.15) is 33.9 Å². The molecular formula is C31H28Cl2N2. The van der Waals surface area contributed by atoms with Gasteiger partial charge >= 0.3 is 0 Å². The minimum atomic E-state index is 0.208. The number of rotatable bonds is 4. The zero-order valence-electron chi connectivity index (χ0n) is 19.8. The van der Waals surface area contributed by atoms with E-state index in [0.29, 0.717) is 0 Å². The number of hydrogen-bond acceptors (Lipinski definition) is 2. The Kier molecular flexibility index (Phi) is 6.06. The molecule has 1 aliphatic heterocycles. The molecule has 0 N–H and O–H groups in total. The van der Waals surface area contributed by atoms with Gasteiger partial charge in [-0.1, -0.05) is 83.9 Å². The molecule has 0 bridgehead atoms. The molecule has 4 heteroatoms. The summed E-state index contributed by atoms with van der Waals surface area (Å²) in [4.78, 5) is 5.03. The van der Waals surface area contributed by atoms with Crippen molar-refractivity contribution < 1.29 is 0 Å². The Balaban J connectivity index is 1.26. The van der Waals surface area contributed by atoms with E-state index in [4.69, 9.17) is 23.2 Å². The lowest BCUT2D eigenvalue weighted by Gasteiger charge is -2.43. The molecule has 176 valence electrons. The summed E-state index contributed by atoms with van der Waals surface area (Å²) in [5, 5.41) is 1.58. The van der Waals surface area contributed by atoms with Gasteiger partial charge in [-0.15, -0.1) is 0 Å². The number of piperazine rings is 1. The fraction of sp³-hybridized carbons (Fsp3) is 0.226. The molecule has 6 rings (SSSR count). The lowest BCUT2D eigenvalue weighted by Crippen LogP contribution is -2.48. The minimum Gasteiger partial charge on any atom is -0.361 e. The third-order valence-corrected chi connectivity index (χ3v) is 7.95. The molecule has 1 saturated heterocycles. The average Bonchev–Trinajstić information content (AvgIpc) is 3.23. The van der Waals surface area contributed by atoms with Crippen LogP contribution in [0.4, 0.5) is 5.69 Å². The van der Waals surface area contributed by atoms with Crippen molar-refractivity contribution in [2.75, 3.05) is 24.5 Å². The largest absolute Gasteiger partial charge is 0.361 e. The van der Waals surface area contributed by atoms with Crippen molar-refractivity contribution in [2.45, 2.75) is 25.9 Å². The molecule has 0 spiro atoms. The smallest absolute Gasteiger partial charge is 0.0670 e. The molecule has 1 heterocycles. The van der Waals surface area contributed by atoms with Crippen LogP contribution in [0.3, 0.4) is 0 Å². The maximum Gasteiger partial charge on any atom is 0.0670 e. The Labute approximate surface area is 217 Å². The van der Waals surface area contributed by atoms with Gasteiger partial charge in [0.15, 0.2) is 0 Å². The third-order valence-electron chi connectivity index (χ3n) is 7.40. The van der Waals surface area contributed by atoms with Crippen LogP contribution in [0.25, 0.3) is 11.1 Å². The Morgan fingerprint density at radius 1 is 0.800 bits per heavy atom. The number of nitrogens with zero attached hydrogens (tertiary/aromatic N) is 2. The van der Waals surface area contributed by atoms with E-state index in [9.17, 15) is 0 Å². The minimum absolute atomic E-state index is 0.208. The van der Waals surface area contributed by atoms with E-state index in [-0.39, 0.29) is 6.04 Å². The zero-order valence-corrected chi connectivity index (χ0v) is 21.4. The van der Waals surface area contributed by atoms with Gasteiger partial charge in [0.25, 0.3) is 0 Å². The van der Waals surface area contributed by atoms with E-state index in [1.54, 1.807) is 0 Å². The first kappa shape index (κ1) is 22.7. The highest BCUT2D eigenvalue weighted by molar-refractivity contribution is 6.33. The predicted molar refractivity (Wildman–Crippen MR) is 148 cm³/mol. The molecule has 4 aromatic rings. The van der Waals surface area contributed by atoms with Crippen molar-refractivity contribution in [1.29, 1.82) is 0 Å². The number of hydrogen-bond donors (Lipinski definition) is 0. The van der Waals surface area contributed by atoms with Crippen molar-refractivity contribution in [3.8, 4) is 11.1 Å². The lowest BCUT2D eigenvalue weighted by molar-refractivity contribution is 0.215. The Morgan fingerprint density at radius 2 is 1.60 bits per heavy atom.